The minimum atomic E-state index is -0.982. The number of nitrogens with one attached hydrogen (secondary N) is 1. The van der Waals surface area contributed by atoms with Crippen molar-refractivity contribution in [2.75, 3.05) is 0 Å². The summed E-state index contributed by atoms with van der Waals surface area (Å²) in [5, 5.41) is 2.21. The van der Waals surface area contributed by atoms with Gasteiger partial charge in [0.05, 0.1) is 11.1 Å². The van der Waals surface area contributed by atoms with Crippen molar-refractivity contribution in [1.82, 2.24) is 10.2 Å². The average molecular weight is 404 g/mol. The first-order chi connectivity index (χ1) is 14.5. The monoisotopic (exact) mass is 404 g/mol. The minimum Gasteiger partial charge on any atom is -0.489 e. The Bertz CT molecular complexity index is 1090. The normalized spacial score (nSPS) is 23.1. The number of nitrogens with zero attached hydrogens (tertiary/aromatic N) is 1. The van der Waals surface area contributed by atoms with Crippen LogP contribution in [0.3, 0.4) is 0 Å². The lowest BCUT2D eigenvalue weighted by molar-refractivity contribution is -0.136. The van der Waals surface area contributed by atoms with Crippen molar-refractivity contribution >= 4 is 23.6 Å². The molecule has 2 aromatic carbocycles. The molecule has 0 spiro atoms. The van der Waals surface area contributed by atoms with E-state index >= 15 is 0 Å². The Balaban J connectivity index is 1.41. The first-order valence-corrected chi connectivity index (χ1v) is 10.1. The van der Waals surface area contributed by atoms with Gasteiger partial charge in [0.2, 0.25) is 11.8 Å². The Morgan fingerprint density at radius 3 is 2.47 bits per heavy atom. The third-order valence-electron chi connectivity index (χ3n) is 6.03. The van der Waals surface area contributed by atoms with Gasteiger partial charge in [0.25, 0.3) is 11.8 Å². The predicted octanol–water partition coefficient (Wildman–Crippen LogP) is 2.02. The number of ether oxygens (including phenoxy) is 1. The maximum Gasteiger partial charge on any atom is 0.266 e. The van der Waals surface area contributed by atoms with Gasteiger partial charge in [-0.15, -0.1) is 0 Å². The summed E-state index contributed by atoms with van der Waals surface area (Å²) in [7, 11) is 0. The average Bonchev–Trinajstić information content (AvgIpc) is 2.99. The molecule has 7 nitrogen and oxygen atoms in total. The van der Waals surface area contributed by atoms with Gasteiger partial charge in [-0.3, -0.25) is 29.4 Å². The number of amides is 4. The van der Waals surface area contributed by atoms with E-state index in [0.717, 1.165) is 24.2 Å². The quantitative estimate of drug-likeness (QED) is 0.791. The second kappa shape index (κ2) is 7.09. The summed E-state index contributed by atoms with van der Waals surface area (Å²) in [4.78, 5) is 50.7. The maximum absolute atomic E-state index is 13.2. The lowest BCUT2D eigenvalue weighted by Crippen LogP contribution is -2.54. The molecule has 2 atom stereocenters. The third-order valence-corrected chi connectivity index (χ3v) is 6.03. The van der Waals surface area contributed by atoms with Gasteiger partial charge in [-0.25, -0.2) is 0 Å². The highest BCUT2D eigenvalue weighted by Gasteiger charge is 2.46. The van der Waals surface area contributed by atoms with Gasteiger partial charge in [0.1, 0.15) is 17.9 Å². The first-order valence-electron chi connectivity index (χ1n) is 10.1. The highest BCUT2D eigenvalue weighted by molar-refractivity contribution is 6.24. The predicted molar refractivity (Wildman–Crippen MR) is 106 cm³/mol. The van der Waals surface area contributed by atoms with Crippen molar-refractivity contribution in [1.29, 1.82) is 0 Å². The molecule has 3 aliphatic rings. The van der Waals surface area contributed by atoms with E-state index in [0.29, 0.717) is 5.75 Å². The fourth-order valence-corrected chi connectivity index (χ4v) is 4.53. The second-order valence-electron chi connectivity index (χ2n) is 7.88. The number of fused-ring (bicyclic) bond motifs is 2. The Morgan fingerprint density at radius 1 is 0.867 bits per heavy atom. The van der Waals surface area contributed by atoms with Gasteiger partial charge in [-0.1, -0.05) is 30.3 Å². The molecule has 0 bridgehead atoms. The summed E-state index contributed by atoms with van der Waals surface area (Å²) in [5.41, 5.74) is 2.98. The van der Waals surface area contributed by atoms with E-state index in [1.165, 1.54) is 11.1 Å². The third kappa shape index (κ3) is 2.98. The van der Waals surface area contributed by atoms with Crippen LogP contribution in [0.5, 0.6) is 5.75 Å². The molecule has 1 fully saturated rings. The Kier molecular flexibility index (Phi) is 4.38. The highest BCUT2D eigenvalue weighted by atomic mass is 16.5. The summed E-state index contributed by atoms with van der Waals surface area (Å²) in [6.45, 7) is 0. The number of benzene rings is 2. The van der Waals surface area contributed by atoms with Crippen LogP contribution in [0.1, 0.15) is 51.1 Å². The van der Waals surface area contributed by atoms with Crippen molar-refractivity contribution in [2.45, 2.75) is 44.2 Å². The molecule has 5 rings (SSSR count). The van der Waals surface area contributed by atoms with Crippen LogP contribution in [0.25, 0.3) is 0 Å². The van der Waals surface area contributed by atoms with E-state index in [1.807, 2.05) is 12.1 Å². The summed E-state index contributed by atoms with van der Waals surface area (Å²) in [6, 6.07) is 12.2. The molecular weight excluding hydrogens is 384 g/mol. The molecule has 2 heterocycles. The van der Waals surface area contributed by atoms with Crippen molar-refractivity contribution < 1.29 is 23.9 Å². The molecule has 2 unspecified atom stereocenters. The van der Waals surface area contributed by atoms with E-state index in [9.17, 15) is 19.2 Å². The van der Waals surface area contributed by atoms with Gasteiger partial charge in [0.15, 0.2) is 0 Å². The molecule has 152 valence electrons. The summed E-state index contributed by atoms with van der Waals surface area (Å²) in [6.07, 6.45) is 2.57. The Morgan fingerprint density at radius 2 is 1.67 bits per heavy atom. The molecule has 30 heavy (non-hydrogen) atoms. The van der Waals surface area contributed by atoms with E-state index in [2.05, 4.69) is 17.4 Å². The smallest absolute Gasteiger partial charge is 0.266 e. The SMILES string of the molecule is O=C1CCC(N2C(=O)c3cccc(OC4CCc5ccccc5C4)c3C2=O)C(=O)N1. The molecule has 2 aromatic rings. The van der Waals surface area contributed by atoms with Gasteiger partial charge >= 0.3 is 0 Å². The first kappa shape index (κ1) is 18.5. The Hall–Kier alpha value is -3.48. The van der Waals surface area contributed by atoms with Gasteiger partial charge in [0, 0.05) is 12.8 Å². The number of hydrogen-bond donors (Lipinski definition) is 1. The lowest BCUT2D eigenvalue weighted by atomic mass is 9.90. The van der Waals surface area contributed by atoms with Gasteiger partial charge < -0.3 is 4.74 Å². The van der Waals surface area contributed by atoms with Crippen LogP contribution >= 0.6 is 0 Å². The molecule has 2 aliphatic heterocycles. The molecule has 1 N–H and O–H groups in total. The number of imide groups is 2. The van der Waals surface area contributed by atoms with Crippen molar-refractivity contribution in [3.05, 3.63) is 64.7 Å². The molecule has 0 radical (unpaired) electrons. The zero-order valence-electron chi connectivity index (χ0n) is 16.2. The minimum absolute atomic E-state index is 0.0919. The summed E-state index contributed by atoms with van der Waals surface area (Å²) < 4.78 is 6.20. The van der Waals surface area contributed by atoms with E-state index in [-0.39, 0.29) is 30.1 Å². The number of aryl methyl sites for hydroxylation is 1. The van der Waals surface area contributed by atoms with Crippen LogP contribution in [0.2, 0.25) is 0 Å². The standard InChI is InChI=1S/C23H20N2O5/c26-19-11-10-17(21(27)24-19)25-22(28)16-6-3-7-18(20(16)23(25)29)30-15-9-8-13-4-1-2-5-14(13)12-15/h1-7,15,17H,8-12H2,(H,24,26,27). The van der Waals surface area contributed by atoms with Gasteiger partial charge in [-0.2, -0.15) is 0 Å². The van der Waals surface area contributed by atoms with Crippen LogP contribution in [0, 0.1) is 0 Å². The Labute approximate surface area is 173 Å². The van der Waals surface area contributed by atoms with Crippen molar-refractivity contribution in [3.8, 4) is 5.75 Å². The number of rotatable bonds is 3. The zero-order valence-corrected chi connectivity index (χ0v) is 16.2. The van der Waals surface area contributed by atoms with Crippen LogP contribution in [0.15, 0.2) is 42.5 Å². The van der Waals surface area contributed by atoms with Crippen molar-refractivity contribution in [2.24, 2.45) is 0 Å². The maximum atomic E-state index is 13.2. The summed E-state index contributed by atoms with van der Waals surface area (Å²) >= 11 is 0. The van der Waals surface area contributed by atoms with E-state index in [1.54, 1.807) is 18.2 Å². The molecule has 0 saturated carbocycles. The van der Waals surface area contributed by atoms with Gasteiger partial charge in [-0.05, 0) is 42.5 Å². The molecule has 1 saturated heterocycles. The molecule has 4 amide bonds. The van der Waals surface area contributed by atoms with Crippen LogP contribution in [-0.4, -0.2) is 40.7 Å². The fraction of sp³-hybridized carbons (Fsp3) is 0.304. The van der Waals surface area contributed by atoms with Crippen LogP contribution in [-0.2, 0) is 22.4 Å². The van der Waals surface area contributed by atoms with Crippen molar-refractivity contribution in [3.63, 3.8) is 0 Å². The number of piperidine rings is 1. The molecule has 1 aliphatic carbocycles. The fourth-order valence-electron chi connectivity index (χ4n) is 4.53. The number of carbonyl (C=O) groups excluding carboxylic acids is 4. The van der Waals surface area contributed by atoms with Crippen LogP contribution in [0.4, 0.5) is 0 Å². The number of hydrogen-bond acceptors (Lipinski definition) is 5. The van der Waals surface area contributed by atoms with Crippen LogP contribution < -0.4 is 10.1 Å². The number of carbonyl (C=O) groups is 4. The molecular formula is C23H20N2O5. The highest BCUT2D eigenvalue weighted by Crippen LogP contribution is 2.35. The molecule has 0 aromatic heterocycles. The summed E-state index contributed by atoms with van der Waals surface area (Å²) in [5.74, 6) is -1.72. The zero-order chi connectivity index (χ0) is 20.8. The van der Waals surface area contributed by atoms with E-state index < -0.39 is 29.7 Å². The second-order valence-corrected chi connectivity index (χ2v) is 7.88. The topological polar surface area (TPSA) is 92.8 Å². The van der Waals surface area contributed by atoms with E-state index in [4.69, 9.17) is 4.74 Å². The lowest BCUT2D eigenvalue weighted by Gasteiger charge is -2.28. The largest absolute Gasteiger partial charge is 0.489 e. The molecule has 7 heteroatoms.